The average Bonchev–Trinajstić information content (AvgIpc) is 3.10. The van der Waals surface area contributed by atoms with Gasteiger partial charge in [-0.15, -0.1) is 0 Å². The fourth-order valence-electron chi connectivity index (χ4n) is 3.68. The Morgan fingerprint density at radius 2 is 1.92 bits per heavy atom. The first kappa shape index (κ1) is 15.3. The molecule has 3 aliphatic rings. The van der Waals surface area contributed by atoms with Crippen LogP contribution in [0, 0.1) is 5.92 Å². The van der Waals surface area contributed by atoms with Crippen LogP contribution in [0.5, 0.6) is 11.5 Å². The third kappa shape index (κ3) is 2.80. The van der Waals surface area contributed by atoms with Gasteiger partial charge >= 0.3 is 0 Å². The maximum absolute atomic E-state index is 5.54. The molecule has 0 amide bonds. The monoisotopic (exact) mass is 326 g/mol. The highest BCUT2D eigenvalue weighted by Crippen LogP contribution is 2.34. The number of hydrogen-bond donors (Lipinski definition) is 0. The minimum atomic E-state index is 0.690. The maximum Gasteiger partial charge on any atom is 0.161 e. The number of fused-ring (bicyclic) bond motifs is 3. The van der Waals surface area contributed by atoms with E-state index in [9.17, 15) is 0 Å². The fraction of sp³-hybridized carbons (Fsp3) is 0.421. The largest absolute Gasteiger partial charge is 0.493 e. The van der Waals surface area contributed by atoms with E-state index in [0.29, 0.717) is 17.4 Å². The molecular weight excluding hydrogens is 304 g/mol. The zero-order chi connectivity index (χ0) is 16.5. The smallest absolute Gasteiger partial charge is 0.161 e. The Morgan fingerprint density at radius 1 is 1.12 bits per heavy atom. The molecule has 4 heterocycles. The number of aromatic nitrogens is 1. The second-order valence-corrected chi connectivity index (χ2v) is 6.45. The summed E-state index contributed by atoms with van der Waals surface area (Å²) in [7, 11) is 3.26. The van der Waals surface area contributed by atoms with Crippen LogP contribution in [0.25, 0.3) is 17.3 Å². The van der Waals surface area contributed by atoms with Crippen molar-refractivity contribution >= 4 is 6.08 Å². The molecule has 24 heavy (non-hydrogen) atoms. The molecule has 0 saturated carbocycles. The van der Waals surface area contributed by atoms with Crippen molar-refractivity contribution in [1.82, 2.24) is 10.1 Å². The Morgan fingerprint density at radius 3 is 2.58 bits per heavy atom. The van der Waals surface area contributed by atoms with Gasteiger partial charge in [-0.3, -0.25) is 4.90 Å². The lowest BCUT2D eigenvalue weighted by atomic mass is 9.83. The van der Waals surface area contributed by atoms with Crippen molar-refractivity contribution in [3.05, 3.63) is 35.6 Å². The van der Waals surface area contributed by atoms with Gasteiger partial charge in [0.05, 0.1) is 14.2 Å². The van der Waals surface area contributed by atoms with E-state index in [1.54, 1.807) is 14.2 Å². The minimum absolute atomic E-state index is 0.690. The number of piperidine rings is 3. The molecule has 126 valence electrons. The molecule has 0 radical (unpaired) electrons. The summed E-state index contributed by atoms with van der Waals surface area (Å²) in [5.74, 6) is 2.93. The normalized spacial score (nSPS) is 24.3. The SMILES string of the molecule is COc1ccc(-c2cc(/C=C3/CN4CCC3CC4)on2)cc1OC. The lowest BCUT2D eigenvalue weighted by Crippen LogP contribution is -2.42. The predicted molar refractivity (Wildman–Crippen MR) is 92.2 cm³/mol. The second kappa shape index (κ2) is 6.32. The molecular formula is C19H22N2O3. The van der Waals surface area contributed by atoms with E-state index in [4.69, 9.17) is 14.0 Å². The summed E-state index contributed by atoms with van der Waals surface area (Å²) < 4.78 is 16.2. The van der Waals surface area contributed by atoms with Crippen LogP contribution in [0.3, 0.4) is 0 Å². The van der Waals surface area contributed by atoms with E-state index in [0.717, 1.165) is 23.6 Å². The molecule has 0 spiro atoms. The molecule has 2 aromatic rings. The Bertz CT molecular complexity index is 758. The van der Waals surface area contributed by atoms with Gasteiger partial charge in [-0.1, -0.05) is 5.16 Å². The molecule has 3 aliphatic heterocycles. The van der Waals surface area contributed by atoms with Crippen molar-refractivity contribution < 1.29 is 14.0 Å². The minimum Gasteiger partial charge on any atom is -0.493 e. The molecule has 3 saturated heterocycles. The third-order valence-corrected chi connectivity index (χ3v) is 5.05. The molecule has 1 aromatic heterocycles. The molecule has 0 aliphatic carbocycles. The van der Waals surface area contributed by atoms with E-state index in [-0.39, 0.29) is 0 Å². The maximum atomic E-state index is 5.54. The van der Waals surface area contributed by atoms with Gasteiger partial charge in [-0.05, 0) is 61.7 Å². The highest BCUT2D eigenvalue weighted by Gasteiger charge is 2.29. The van der Waals surface area contributed by atoms with Crippen molar-refractivity contribution in [3.8, 4) is 22.8 Å². The number of ether oxygens (including phenoxy) is 2. The molecule has 5 rings (SSSR count). The number of methoxy groups -OCH3 is 2. The molecule has 0 unspecified atom stereocenters. The van der Waals surface area contributed by atoms with E-state index in [1.165, 1.54) is 31.5 Å². The number of nitrogens with zero attached hydrogens (tertiary/aromatic N) is 2. The Labute approximate surface area is 141 Å². The van der Waals surface area contributed by atoms with Crippen molar-refractivity contribution in [2.45, 2.75) is 12.8 Å². The van der Waals surface area contributed by atoms with Crippen LogP contribution in [-0.2, 0) is 0 Å². The molecule has 1 aromatic carbocycles. The average molecular weight is 326 g/mol. The molecule has 5 heteroatoms. The quantitative estimate of drug-likeness (QED) is 0.861. The first-order valence-electron chi connectivity index (χ1n) is 8.39. The summed E-state index contributed by atoms with van der Waals surface area (Å²) in [4.78, 5) is 2.51. The van der Waals surface area contributed by atoms with Crippen molar-refractivity contribution in [2.75, 3.05) is 33.9 Å². The Balaban J connectivity index is 1.59. The molecule has 0 N–H and O–H groups in total. The zero-order valence-electron chi connectivity index (χ0n) is 14.1. The number of hydrogen-bond acceptors (Lipinski definition) is 5. The number of rotatable bonds is 4. The van der Waals surface area contributed by atoms with Gasteiger partial charge < -0.3 is 14.0 Å². The van der Waals surface area contributed by atoms with E-state index >= 15 is 0 Å². The highest BCUT2D eigenvalue weighted by atomic mass is 16.5. The van der Waals surface area contributed by atoms with E-state index < -0.39 is 0 Å². The van der Waals surface area contributed by atoms with Gasteiger partial charge in [-0.25, -0.2) is 0 Å². The van der Waals surface area contributed by atoms with Gasteiger partial charge in [0.1, 0.15) is 5.69 Å². The Kier molecular flexibility index (Phi) is 4.02. The van der Waals surface area contributed by atoms with Gasteiger partial charge in [-0.2, -0.15) is 0 Å². The van der Waals surface area contributed by atoms with Crippen LogP contribution in [0.4, 0.5) is 0 Å². The molecule has 2 bridgehead atoms. The zero-order valence-corrected chi connectivity index (χ0v) is 14.1. The Hall–Kier alpha value is -2.27. The lowest BCUT2D eigenvalue weighted by Gasteiger charge is -2.40. The molecule has 5 nitrogen and oxygen atoms in total. The van der Waals surface area contributed by atoms with Crippen LogP contribution < -0.4 is 9.47 Å². The summed E-state index contributed by atoms with van der Waals surface area (Å²) in [6.07, 6.45) is 4.71. The fourth-order valence-corrected chi connectivity index (χ4v) is 3.68. The van der Waals surface area contributed by atoms with Gasteiger partial charge in [0.15, 0.2) is 17.3 Å². The predicted octanol–water partition coefficient (Wildman–Crippen LogP) is 3.47. The van der Waals surface area contributed by atoms with Crippen molar-refractivity contribution in [3.63, 3.8) is 0 Å². The standard InChI is InChI=1S/C19H22N2O3/c1-22-18-4-3-14(10-19(18)23-2)17-11-16(24-20-17)9-15-12-21-7-5-13(15)6-8-21/h3-4,9-11,13H,5-8,12H2,1-2H3/b15-9-. The second-order valence-electron chi connectivity index (χ2n) is 6.45. The molecule has 0 atom stereocenters. The van der Waals surface area contributed by atoms with Crippen molar-refractivity contribution in [1.29, 1.82) is 0 Å². The van der Waals surface area contributed by atoms with Gasteiger partial charge in [0.2, 0.25) is 0 Å². The van der Waals surface area contributed by atoms with Crippen molar-refractivity contribution in [2.24, 2.45) is 5.92 Å². The van der Waals surface area contributed by atoms with Crippen LogP contribution >= 0.6 is 0 Å². The van der Waals surface area contributed by atoms with Crippen LogP contribution in [0.15, 0.2) is 34.4 Å². The van der Waals surface area contributed by atoms with Crippen LogP contribution in [0.2, 0.25) is 0 Å². The lowest BCUT2D eigenvalue weighted by molar-refractivity contribution is 0.163. The van der Waals surface area contributed by atoms with E-state index in [2.05, 4.69) is 16.1 Å². The molecule has 3 fully saturated rings. The highest BCUT2D eigenvalue weighted by molar-refractivity contribution is 5.66. The number of benzene rings is 1. The summed E-state index contributed by atoms with van der Waals surface area (Å²) in [6.45, 7) is 3.53. The summed E-state index contributed by atoms with van der Waals surface area (Å²) in [5.41, 5.74) is 3.24. The van der Waals surface area contributed by atoms with Gasteiger partial charge in [0.25, 0.3) is 0 Å². The van der Waals surface area contributed by atoms with Crippen LogP contribution in [-0.4, -0.2) is 43.9 Å². The first-order valence-corrected chi connectivity index (χ1v) is 8.39. The van der Waals surface area contributed by atoms with Gasteiger partial charge in [0, 0.05) is 18.2 Å². The van der Waals surface area contributed by atoms with E-state index in [1.807, 2.05) is 24.3 Å². The summed E-state index contributed by atoms with van der Waals surface area (Å²) >= 11 is 0. The third-order valence-electron chi connectivity index (χ3n) is 5.05. The topological polar surface area (TPSA) is 47.7 Å². The first-order chi connectivity index (χ1) is 11.8. The van der Waals surface area contributed by atoms with Crippen LogP contribution in [0.1, 0.15) is 18.6 Å². The summed E-state index contributed by atoms with van der Waals surface area (Å²) in [6, 6.07) is 7.76. The summed E-state index contributed by atoms with van der Waals surface area (Å²) in [5, 5.41) is 4.22.